The van der Waals surface area contributed by atoms with Gasteiger partial charge in [0.05, 0.1) is 16.4 Å². The highest BCUT2D eigenvalue weighted by Gasteiger charge is 2.35. The summed E-state index contributed by atoms with van der Waals surface area (Å²) in [7, 11) is -3.80. The van der Waals surface area contributed by atoms with Gasteiger partial charge in [-0.3, -0.25) is 4.79 Å². The van der Waals surface area contributed by atoms with Gasteiger partial charge >= 0.3 is 5.97 Å². The van der Waals surface area contributed by atoms with Gasteiger partial charge in [0.25, 0.3) is 0 Å². The van der Waals surface area contributed by atoms with Crippen molar-refractivity contribution in [3.63, 3.8) is 0 Å². The van der Waals surface area contributed by atoms with E-state index in [9.17, 15) is 13.2 Å². The van der Waals surface area contributed by atoms with Gasteiger partial charge in [-0.2, -0.15) is 4.72 Å². The van der Waals surface area contributed by atoms with Crippen LogP contribution >= 0.6 is 0 Å². The largest absolute Gasteiger partial charge is 0.456 e. The number of aryl methyl sites for hydroxylation is 1. The van der Waals surface area contributed by atoms with E-state index in [2.05, 4.69) is 4.72 Å². The third kappa shape index (κ3) is 4.34. The predicted octanol–water partition coefficient (Wildman–Crippen LogP) is 4.00. The molecule has 0 aromatic heterocycles. The van der Waals surface area contributed by atoms with Crippen LogP contribution in [0.25, 0.3) is 6.08 Å². The summed E-state index contributed by atoms with van der Waals surface area (Å²) in [6, 6.07) is 13.4. The minimum absolute atomic E-state index is 0.172. The van der Waals surface area contributed by atoms with Gasteiger partial charge in [0.1, 0.15) is 6.10 Å². The van der Waals surface area contributed by atoms with Crippen LogP contribution < -0.4 is 4.72 Å². The summed E-state index contributed by atoms with van der Waals surface area (Å²) in [5.41, 5.74) is 1.95. The Hall–Kier alpha value is -2.44. The number of esters is 1. The Morgan fingerprint density at radius 2 is 1.68 bits per heavy atom. The highest BCUT2D eigenvalue weighted by Crippen LogP contribution is 2.32. The van der Waals surface area contributed by atoms with Crippen molar-refractivity contribution >= 4 is 22.1 Å². The van der Waals surface area contributed by atoms with Crippen LogP contribution in [0.1, 0.15) is 43.5 Å². The third-order valence-electron chi connectivity index (χ3n) is 4.59. The number of carbonyl (C=O) groups excluding carboxylic acids is 1. The van der Waals surface area contributed by atoms with Crippen molar-refractivity contribution in [2.24, 2.45) is 5.41 Å². The monoisotopic (exact) mass is 399 g/mol. The normalized spacial score (nSPS) is 19.1. The van der Waals surface area contributed by atoms with E-state index in [0.717, 1.165) is 16.7 Å². The Morgan fingerprint density at radius 3 is 2.32 bits per heavy atom. The average Bonchev–Trinajstić information content (AvgIpc) is 2.63. The molecule has 0 bridgehead atoms. The SMILES string of the molecule is Cc1ccc(S(=O)(=O)NC2c3ccccc3C=CC2OC(=O)C(C)(C)C)cc1. The fourth-order valence-electron chi connectivity index (χ4n) is 2.92. The molecule has 0 saturated heterocycles. The van der Waals surface area contributed by atoms with Gasteiger partial charge in [-0.05, 0) is 57.0 Å². The van der Waals surface area contributed by atoms with Crippen LogP contribution in [0, 0.1) is 12.3 Å². The topological polar surface area (TPSA) is 72.5 Å². The Bertz CT molecular complexity index is 1000. The zero-order chi connectivity index (χ0) is 20.5. The van der Waals surface area contributed by atoms with E-state index in [1.165, 1.54) is 0 Å². The van der Waals surface area contributed by atoms with E-state index in [1.54, 1.807) is 51.1 Å². The molecular weight excluding hydrogens is 374 g/mol. The first-order valence-corrected chi connectivity index (χ1v) is 10.6. The van der Waals surface area contributed by atoms with E-state index in [-0.39, 0.29) is 10.9 Å². The first-order chi connectivity index (χ1) is 13.1. The van der Waals surface area contributed by atoms with Crippen LogP contribution in [0.15, 0.2) is 59.5 Å². The molecule has 1 aliphatic rings. The molecule has 1 aliphatic carbocycles. The zero-order valence-corrected chi connectivity index (χ0v) is 17.3. The molecule has 6 heteroatoms. The number of fused-ring (bicyclic) bond motifs is 1. The molecule has 0 radical (unpaired) electrons. The molecule has 2 aromatic carbocycles. The first kappa shape index (κ1) is 20.3. The molecule has 1 N–H and O–H groups in total. The van der Waals surface area contributed by atoms with Gasteiger partial charge in [-0.15, -0.1) is 0 Å². The molecule has 0 amide bonds. The lowest BCUT2D eigenvalue weighted by molar-refractivity contribution is -0.157. The first-order valence-electron chi connectivity index (χ1n) is 9.15. The lowest BCUT2D eigenvalue weighted by Gasteiger charge is -2.32. The van der Waals surface area contributed by atoms with Crippen LogP contribution in [0.3, 0.4) is 0 Å². The van der Waals surface area contributed by atoms with Gasteiger partial charge in [-0.25, -0.2) is 8.42 Å². The van der Waals surface area contributed by atoms with E-state index < -0.39 is 27.6 Å². The zero-order valence-electron chi connectivity index (χ0n) is 16.5. The molecule has 0 saturated carbocycles. The second-order valence-electron chi connectivity index (χ2n) is 8.02. The quantitative estimate of drug-likeness (QED) is 0.789. The molecule has 2 atom stereocenters. The van der Waals surface area contributed by atoms with Crippen molar-refractivity contribution in [2.75, 3.05) is 0 Å². The molecule has 0 heterocycles. The van der Waals surface area contributed by atoms with Gasteiger partial charge in [0, 0.05) is 0 Å². The summed E-state index contributed by atoms with van der Waals surface area (Å²) < 4.78 is 34.4. The minimum Gasteiger partial charge on any atom is -0.456 e. The van der Waals surface area contributed by atoms with Crippen molar-refractivity contribution in [1.82, 2.24) is 4.72 Å². The standard InChI is InChI=1S/C22H25NO4S/c1-15-9-12-17(13-10-15)28(25,26)23-20-18-8-6-5-7-16(18)11-14-19(20)27-21(24)22(2,3)4/h5-14,19-20,23H,1-4H3. The van der Waals surface area contributed by atoms with Crippen molar-refractivity contribution in [3.05, 3.63) is 71.3 Å². The smallest absolute Gasteiger partial charge is 0.311 e. The number of nitrogens with one attached hydrogen (secondary N) is 1. The number of benzene rings is 2. The molecule has 5 nitrogen and oxygen atoms in total. The van der Waals surface area contributed by atoms with Crippen LogP contribution in [0.2, 0.25) is 0 Å². The van der Waals surface area contributed by atoms with Crippen molar-refractivity contribution < 1.29 is 17.9 Å². The highest BCUT2D eigenvalue weighted by molar-refractivity contribution is 7.89. The molecule has 0 spiro atoms. The summed E-state index contributed by atoms with van der Waals surface area (Å²) in [6.45, 7) is 7.19. The van der Waals surface area contributed by atoms with Crippen molar-refractivity contribution in [3.8, 4) is 0 Å². The number of hydrogen-bond acceptors (Lipinski definition) is 4. The van der Waals surface area contributed by atoms with Crippen LogP contribution in [-0.2, 0) is 19.6 Å². The average molecular weight is 400 g/mol. The second kappa shape index (κ2) is 7.53. The molecule has 2 aromatic rings. The predicted molar refractivity (Wildman–Crippen MR) is 109 cm³/mol. The molecule has 3 rings (SSSR count). The molecule has 148 valence electrons. The van der Waals surface area contributed by atoms with Gasteiger partial charge < -0.3 is 4.74 Å². The maximum atomic E-state index is 13.0. The number of carbonyl (C=O) groups is 1. The summed E-state index contributed by atoms with van der Waals surface area (Å²) in [6.07, 6.45) is 2.85. The fourth-order valence-corrected chi connectivity index (χ4v) is 4.15. The number of sulfonamides is 1. The fraction of sp³-hybridized carbons (Fsp3) is 0.318. The van der Waals surface area contributed by atoms with Gasteiger partial charge in [0.2, 0.25) is 10.0 Å². The van der Waals surface area contributed by atoms with E-state index in [1.807, 2.05) is 37.3 Å². The Balaban J connectivity index is 1.96. The number of ether oxygens (including phenoxy) is 1. The van der Waals surface area contributed by atoms with Crippen LogP contribution in [-0.4, -0.2) is 20.5 Å². The third-order valence-corrected chi connectivity index (χ3v) is 6.05. The van der Waals surface area contributed by atoms with Gasteiger partial charge in [-0.1, -0.05) is 48.0 Å². The Kier molecular flexibility index (Phi) is 5.46. The van der Waals surface area contributed by atoms with Crippen LogP contribution in [0.4, 0.5) is 0 Å². The summed E-state index contributed by atoms with van der Waals surface area (Å²) in [4.78, 5) is 12.6. The number of hydrogen-bond donors (Lipinski definition) is 1. The van der Waals surface area contributed by atoms with E-state index in [0.29, 0.717) is 0 Å². The summed E-state index contributed by atoms with van der Waals surface area (Å²) in [5, 5.41) is 0. The summed E-state index contributed by atoms with van der Waals surface area (Å²) in [5.74, 6) is -0.388. The van der Waals surface area contributed by atoms with Crippen molar-refractivity contribution in [2.45, 2.75) is 44.7 Å². The highest BCUT2D eigenvalue weighted by atomic mass is 32.2. The lowest BCUT2D eigenvalue weighted by atomic mass is 9.91. The Labute approximate surface area is 166 Å². The maximum Gasteiger partial charge on any atom is 0.311 e. The maximum absolute atomic E-state index is 13.0. The van der Waals surface area contributed by atoms with E-state index in [4.69, 9.17) is 4.74 Å². The van der Waals surface area contributed by atoms with Crippen LogP contribution in [0.5, 0.6) is 0 Å². The molecular formula is C22H25NO4S. The molecule has 0 aliphatic heterocycles. The molecule has 28 heavy (non-hydrogen) atoms. The minimum atomic E-state index is -3.80. The Morgan fingerprint density at radius 1 is 1.04 bits per heavy atom. The number of rotatable bonds is 4. The second-order valence-corrected chi connectivity index (χ2v) is 9.73. The van der Waals surface area contributed by atoms with Crippen molar-refractivity contribution in [1.29, 1.82) is 0 Å². The summed E-state index contributed by atoms with van der Waals surface area (Å²) >= 11 is 0. The molecule has 2 unspecified atom stereocenters. The molecule has 0 fully saturated rings. The lowest BCUT2D eigenvalue weighted by Crippen LogP contribution is -2.40. The van der Waals surface area contributed by atoms with E-state index >= 15 is 0 Å². The van der Waals surface area contributed by atoms with Gasteiger partial charge in [0.15, 0.2) is 0 Å².